The van der Waals surface area contributed by atoms with Crippen molar-refractivity contribution in [3.63, 3.8) is 0 Å². The van der Waals surface area contributed by atoms with Gasteiger partial charge < -0.3 is 15.0 Å². The van der Waals surface area contributed by atoms with Gasteiger partial charge in [-0.25, -0.2) is 0 Å². The third-order valence-corrected chi connectivity index (χ3v) is 4.28. The van der Waals surface area contributed by atoms with Gasteiger partial charge in [-0.1, -0.05) is 18.2 Å². The molecule has 3 rings (SSSR count). The van der Waals surface area contributed by atoms with Gasteiger partial charge in [-0.05, 0) is 29.8 Å². The van der Waals surface area contributed by atoms with Crippen LogP contribution >= 0.6 is 0 Å². The fraction of sp³-hybridized carbons (Fsp3) is 0.316. The molecule has 1 N–H and O–H groups in total. The Morgan fingerprint density at radius 2 is 1.85 bits per heavy atom. The number of nitrogens with one attached hydrogen (secondary N) is 1. The minimum Gasteiger partial charge on any atom is -0.380 e. The van der Waals surface area contributed by atoms with Gasteiger partial charge in [-0.3, -0.25) is 0 Å². The summed E-state index contributed by atoms with van der Waals surface area (Å²) in [6, 6.07) is 12.8. The van der Waals surface area contributed by atoms with Gasteiger partial charge >= 0.3 is 6.18 Å². The molecule has 2 aromatic carbocycles. The Morgan fingerprint density at radius 3 is 2.54 bits per heavy atom. The highest BCUT2D eigenvalue weighted by Crippen LogP contribution is 2.32. The molecular weight excluding hydrogens is 343 g/mol. The molecule has 1 saturated heterocycles. The predicted molar refractivity (Wildman–Crippen MR) is 93.0 cm³/mol. The van der Waals surface area contributed by atoms with Crippen LogP contribution in [0.3, 0.4) is 0 Å². The lowest BCUT2D eigenvalue weighted by molar-refractivity contribution is -0.137. The number of alkyl halides is 3. The minimum absolute atomic E-state index is 0.0244. The number of hydrogen-bond acceptors (Lipinski definition) is 4. The number of halogens is 3. The maximum atomic E-state index is 12.8. The normalized spacial score (nSPS) is 14.8. The number of para-hydroxylation sites is 1. The fourth-order valence-corrected chi connectivity index (χ4v) is 2.93. The Balaban J connectivity index is 1.78. The van der Waals surface area contributed by atoms with E-state index < -0.39 is 11.7 Å². The summed E-state index contributed by atoms with van der Waals surface area (Å²) < 4.78 is 43.8. The standard InChI is InChI=1S/C19H18F3N3O/c20-19(21,22)16-5-6-17(15(11-16)12-23)24-13-14-3-1-2-4-18(14)25-7-9-26-10-8-25/h1-6,11,24H,7-10,13H2. The number of benzene rings is 2. The zero-order valence-electron chi connectivity index (χ0n) is 14.0. The number of nitrogens with zero attached hydrogens (tertiary/aromatic N) is 2. The lowest BCUT2D eigenvalue weighted by Gasteiger charge is -2.30. The van der Waals surface area contributed by atoms with Crippen LogP contribution in [0.2, 0.25) is 0 Å². The van der Waals surface area contributed by atoms with Crippen molar-refractivity contribution in [3.05, 3.63) is 59.2 Å². The Morgan fingerprint density at radius 1 is 1.12 bits per heavy atom. The van der Waals surface area contributed by atoms with E-state index in [0.717, 1.165) is 36.5 Å². The molecule has 1 heterocycles. The molecule has 0 bridgehead atoms. The lowest BCUT2D eigenvalue weighted by atomic mass is 10.1. The first-order chi connectivity index (χ1) is 12.5. The molecule has 0 aromatic heterocycles. The molecule has 0 radical (unpaired) electrons. The third kappa shape index (κ3) is 4.09. The first kappa shape index (κ1) is 18.1. The largest absolute Gasteiger partial charge is 0.416 e. The van der Waals surface area contributed by atoms with Crippen molar-refractivity contribution < 1.29 is 17.9 Å². The van der Waals surface area contributed by atoms with Crippen LogP contribution in [-0.4, -0.2) is 26.3 Å². The van der Waals surface area contributed by atoms with E-state index in [2.05, 4.69) is 10.2 Å². The number of nitriles is 1. The molecule has 136 valence electrons. The van der Waals surface area contributed by atoms with E-state index in [9.17, 15) is 18.4 Å². The molecule has 0 aliphatic carbocycles. The second kappa shape index (κ2) is 7.67. The van der Waals surface area contributed by atoms with Crippen LogP contribution in [0.25, 0.3) is 0 Å². The van der Waals surface area contributed by atoms with Gasteiger partial charge in [0, 0.05) is 25.3 Å². The van der Waals surface area contributed by atoms with Crippen LogP contribution in [0.4, 0.5) is 24.5 Å². The van der Waals surface area contributed by atoms with Crippen LogP contribution in [0.5, 0.6) is 0 Å². The molecule has 1 aliphatic heterocycles. The molecule has 2 aromatic rings. The Bertz CT molecular complexity index is 808. The first-order valence-corrected chi connectivity index (χ1v) is 8.25. The molecule has 0 unspecified atom stereocenters. The summed E-state index contributed by atoms with van der Waals surface area (Å²) in [6.07, 6.45) is -4.47. The molecule has 1 fully saturated rings. The first-order valence-electron chi connectivity index (χ1n) is 8.25. The van der Waals surface area contributed by atoms with Crippen LogP contribution in [0.1, 0.15) is 16.7 Å². The van der Waals surface area contributed by atoms with Crippen molar-refractivity contribution in [2.24, 2.45) is 0 Å². The number of ether oxygens (including phenoxy) is 1. The van der Waals surface area contributed by atoms with Gasteiger partial charge in [0.25, 0.3) is 0 Å². The highest BCUT2D eigenvalue weighted by atomic mass is 19.4. The van der Waals surface area contributed by atoms with E-state index in [0.29, 0.717) is 25.4 Å². The summed E-state index contributed by atoms with van der Waals surface area (Å²) in [7, 11) is 0. The van der Waals surface area contributed by atoms with Gasteiger partial charge in [-0.2, -0.15) is 18.4 Å². The lowest BCUT2D eigenvalue weighted by Crippen LogP contribution is -2.36. The maximum Gasteiger partial charge on any atom is 0.416 e. The Labute approximate surface area is 149 Å². The number of anilines is 2. The molecule has 1 aliphatic rings. The van der Waals surface area contributed by atoms with E-state index in [1.807, 2.05) is 30.3 Å². The molecular formula is C19H18F3N3O. The number of morpholine rings is 1. The van der Waals surface area contributed by atoms with E-state index in [1.54, 1.807) is 0 Å². The molecule has 0 amide bonds. The highest BCUT2D eigenvalue weighted by molar-refractivity contribution is 5.61. The summed E-state index contributed by atoms with van der Waals surface area (Å²) in [5.74, 6) is 0. The Kier molecular flexibility index (Phi) is 5.33. The number of rotatable bonds is 4. The van der Waals surface area contributed by atoms with Crippen molar-refractivity contribution in [2.45, 2.75) is 12.7 Å². The van der Waals surface area contributed by atoms with E-state index in [-0.39, 0.29) is 5.56 Å². The van der Waals surface area contributed by atoms with Crippen LogP contribution in [0, 0.1) is 11.3 Å². The van der Waals surface area contributed by atoms with Gasteiger partial charge in [0.2, 0.25) is 0 Å². The molecule has 0 saturated carbocycles. The van der Waals surface area contributed by atoms with Gasteiger partial charge in [0.05, 0.1) is 30.0 Å². The Hall–Kier alpha value is -2.72. The van der Waals surface area contributed by atoms with Crippen molar-refractivity contribution >= 4 is 11.4 Å². The summed E-state index contributed by atoms with van der Waals surface area (Å²) in [6.45, 7) is 3.33. The van der Waals surface area contributed by atoms with E-state index in [1.165, 1.54) is 6.07 Å². The average molecular weight is 361 g/mol. The van der Waals surface area contributed by atoms with Crippen LogP contribution in [0.15, 0.2) is 42.5 Å². The van der Waals surface area contributed by atoms with Gasteiger partial charge in [-0.15, -0.1) is 0 Å². The summed E-state index contributed by atoms with van der Waals surface area (Å²) in [5, 5.41) is 12.3. The van der Waals surface area contributed by atoms with Crippen molar-refractivity contribution in [1.29, 1.82) is 5.26 Å². The third-order valence-electron chi connectivity index (χ3n) is 4.28. The zero-order valence-corrected chi connectivity index (χ0v) is 14.0. The van der Waals surface area contributed by atoms with Gasteiger partial charge in [0.1, 0.15) is 6.07 Å². The van der Waals surface area contributed by atoms with Crippen molar-refractivity contribution in [1.82, 2.24) is 0 Å². The molecule has 0 atom stereocenters. The zero-order chi connectivity index (χ0) is 18.6. The minimum atomic E-state index is -4.47. The van der Waals surface area contributed by atoms with Crippen molar-refractivity contribution in [2.75, 3.05) is 36.5 Å². The second-order valence-corrected chi connectivity index (χ2v) is 5.95. The van der Waals surface area contributed by atoms with Crippen molar-refractivity contribution in [3.8, 4) is 6.07 Å². The summed E-state index contributed by atoms with van der Waals surface area (Å²) in [4.78, 5) is 2.22. The molecule has 7 heteroatoms. The van der Waals surface area contributed by atoms with Gasteiger partial charge in [0.15, 0.2) is 0 Å². The molecule has 4 nitrogen and oxygen atoms in total. The second-order valence-electron chi connectivity index (χ2n) is 5.95. The SMILES string of the molecule is N#Cc1cc(C(F)(F)F)ccc1NCc1ccccc1N1CCOCC1. The fourth-order valence-electron chi connectivity index (χ4n) is 2.93. The predicted octanol–water partition coefficient (Wildman–Crippen LogP) is 4.03. The summed E-state index contributed by atoms with van der Waals surface area (Å²) in [5.41, 5.74) is 1.61. The van der Waals surface area contributed by atoms with E-state index >= 15 is 0 Å². The monoisotopic (exact) mass is 361 g/mol. The van der Waals surface area contributed by atoms with E-state index in [4.69, 9.17) is 4.74 Å². The quantitative estimate of drug-likeness (QED) is 0.893. The topological polar surface area (TPSA) is 48.3 Å². The summed E-state index contributed by atoms with van der Waals surface area (Å²) >= 11 is 0. The maximum absolute atomic E-state index is 12.8. The number of hydrogen-bond donors (Lipinski definition) is 1. The van der Waals surface area contributed by atoms with Crippen LogP contribution < -0.4 is 10.2 Å². The highest BCUT2D eigenvalue weighted by Gasteiger charge is 2.31. The smallest absolute Gasteiger partial charge is 0.380 e. The average Bonchev–Trinajstić information content (AvgIpc) is 2.66. The van der Waals surface area contributed by atoms with Crippen LogP contribution in [-0.2, 0) is 17.5 Å². The molecule has 26 heavy (non-hydrogen) atoms. The molecule has 0 spiro atoms.